The number of aryl methyl sites for hydroxylation is 2. The molecule has 0 radical (unpaired) electrons. The number of ketones is 1. The molecular formula is C11H14N4OS. The number of carbonyl (C=O) groups is 1. The van der Waals surface area contributed by atoms with E-state index in [0.29, 0.717) is 10.4 Å². The van der Waals surface area contributed by atoms with E-state index >= 15 is 0 Å². The third-order valence-electron chi connectivity index (χ3n) is 2.47. The van der Waals surface area contributed by atoms with Crippen molar-refractivity contribution in [2.75, 3.05) is 0 Å². The third kappa shape index (κ3) is 2.41. The molecule has 0 amide bonds. The molecule has 0 bridgehead atoms. The number of aromatic nitrogens is 4. The Morgan fingerprint density at radius 2 is 2.29 bits per heavy atom. The Hall–Kier alpha value is -1.56. The minimum atomic E-state index is -0.0249. The molecule has 0 aliphatic carbocycles. The number of hydrogen-bond acceptors (Lipinski definition) is 5. The van der Waals surface area contributed by atoms with Gasteiger partial charge in [-0.15, -0.1) is 5.10 Å². The standard InChI is InChI=1S/C11H14N4OS/c1-3-5-9-11(17-14-13-9)10(16)8-6-12-15(4-2)7-8/h6-7H,3-5H2,1-2H3. The Labute approximate surface area is 104 Å². The van der Waals surface area contributed by atoms with Crippen LogP contribution in [-0.4, -0.2) is 25.2 Å². The lowest BCUT2D eigenvalue weighted by molar-refractivity contribution is 0.104. The summed E-state index contributed by atoms with van der Waals surface area (Å²) in [5.74, 6) is -0.0249. The summed E-state index contributed by atoms with van der Waals surface area (Å²) < 4.78 is 5.60. The average Bonchev–Trinajstić information content (AvgIpc) is 2.97. The first kappa shape index (κ1) is 11.9. The summed E-state index contributed by atoms with van der Waals surface area (Å²) in [6, 6.07) is 0. The summed E-state index contributed by atoms with van der Waals surface area (Å²) in [5.41, 5.74) is 1.40. The molecule has 0 atom stereocenters. The van der Waals surface area contributed by atoms with Gasteiger partial charge in [-0.2, -0.15) is 5.10 Å². The molecule has 2 heterocycles. The highest BCUT2D eigenvalue weighted by Gasteiger charge is 2.18. The van der Waals surface area contributed by atoms with E-state index in [9.17, 15) is 4.79 Å². The quantitative estimate of drug-likeness (QED) is 0.761. The van der Waals surface area contributed by atoms with Crippen LogP contribution in [0.1, 0.15) is 41.2 Å². The van der Waals surface area contributed by atoms with Crippen molar-refractivity contribution in [3.05, 3.63) is 28.5 Å². The summed E-state index contributed by atoms with van der Waals surface area (Å²) in [6.07, 6.45) is 5.11. The largest absolute Gasteiger partial charge is 0.287 e. The van der Waals surface area contributed by atoms with Crippen molar-refractivity contribution in [2.24, 2.45) is 0 Å². The van der Waals surface area contributed by atoms with Crippen LogP contribution in [0, 0.1) is 0 Å². The van der Waals surface area contributed by atoms with Crippen molar-refractivity contribution in [1.29, 1.82) is 0 Å². The van der Waals surface area contributed by atoms with Gasteiger partial charge in [0.25, 0.3) is 0 Å². The third-order valence-corrected chi connectivity index (χ3v) is 3.24. The first-order valence-corrected chi connectivity index (χ1v) is 6.42. The lowest BCUT2D eigenvalue weighted by atomic mass is 10.1. The maximum absolute atomic E-state index is 12.2. The topological polar surface area (TPSA) is 60.7 Å². The Bertz CT molecular complexity index is 517. The first-order chi connectivity index (χ1) is 8.26. The molecule has 17 heavy (non-hydrogen) atoms. The van der Waals surface area contributed by atoms with Gasteiger partial charge in [0.15, 0.2) is 0 Å². The van der Waals surface area contributed by atoms with Gasteiger partial charge in [-0.3, -0.25) is 9.48 Å². The normalized spacial score (nSPS) is 10.7. The molecule has 0 aromatic carbocycles. The van der Waals surface area contributed by atoms with E-state index in [2.05, 4.69) is 21.6 Å². The van der Waals surface area contributed by atoms with E-state index in [1.165, 1.54) is 0 Å². The molecule has 2 aromatic heterocycles. The van der Waals surface area contributed by atoms with E-state index in [1.54, 1.807) is 17.1 Å². The highest BCUT2D eigenvalue weighted by molar-refractivity contribution is 7.08. The molecule has 0 aliphatic rings. The predicted molar refractivity (Wildman–Crippen MR) is 65.2 cm³/mol. The smallest absolute Gasteiger partial charge is 0.209 e. The molecule has 0 saturated carbocycles. The number of carbonyl (C=O) groups excluding carboxylic acids is 1. The second-order valence-corrected chi connectivity index (χ2v) is 4.47. The fraction of sp³-hybridized carbons (Fsp3) is 0.455. The zero-order valence-corrected chi connectivity index (χ0v) is 10.7. The zero-order chi connectivity index (χ0) is 12.3. The SMILES string of the molecule is CCCc1nnsc1C(=O)c1cnn(CC)c1. The van der Waals surface area contributed by atoms with Gasteiger partial charge in [-0.25, -0.2) is 0 Å². The van der Waals surface area contributed by atoms with Crippen LogP contribution in [0.25, 0.3) is 0 Å². The Balaban J connectivity index is 2.27. The molecule has 0 aliphatic heterocycles. The summed E-state index contributed by atoms with van der Waals surface area (Å²) in [6.45, 7) is 4.80. The van der Waals surface area contributed by atoms with Crippen molar-refractivity contribution in [3.63, 3.8) is 0 Å². The molecule has 0 fully saturated rings. The zero-order valence-electron chi connectivity index (χ0n) is 9.88. The van der Waals surface area contributed by atoms with Crippen molar-refractivity contribution in [1.82, 2.24) is 19.4 Å². The molecule has 2 aromatic rings. The Morgan fingerprint density at radius 3 is 2.94 bits per heavy atom. The fourth-order valence-electron chi connectivity index (χ4n) is 1.57. The lowest BCUT2D eigenvalue weighted by Gasteiger charge is -1.96. The van der Waals surface area contributed by atoms with Gasteiger partial charge in [0.05, 0.1) is 17.5 Å². The second kappa shape index (κ2) is 5.18. The lowest BCUT2D eigenvalue weighted by Crippen LogP contribution is -2.02. The van der Waals surface area contributed by atoms with Gasteiger partial charge in [0, 0.05) is 12.7 Å². The van der Waals surface area contributed by atoms with Crippen LogP contribution in [0.3, 0.4) is 0 Å². The maximum Gasteiger partial charge on any atom is 0.209 e. The highest BCUT2D eigenvalue weighted by atomic mass is 32.1. The van der Waals surface area contributed by atoms with E-state index in [4.69, 9.17) is 0 Å². The van der Waals surface area contributed by atoms with Crippen LogP contribution < -0.4 is 0 Å². The van der Waals surface area contributed by atoms with Crippen LogP contribution in [0.4, 0.5) is 0 Å². The first-order valence-electron chi connectivity index (χ1n) is 5.64. The summed E-state index contributed by atoms with van der Waals surface area (Å²) in [5, 5.41) is 8.10. The van der Waals surface area contributed by atoms with Crippen molar-refractivity contribution in [3.8, 4) is 0 Å². The molecule has 0 unspecified atom stereocenters. The summed E-state index contributed by atoms with van der Waals surface area (Å²) in [7, 11) is 0. The minimum absolute atomic E-state index is 0.0249. The van der Waals surface area contributed by atoms with Gasteiger partial charge >= 0.3 is 0 Å². The van der Waals surface area contributed by atoms with E-state index in [-0.39, 0.29) is 5.78 Å². The van der Waals surface area contributed by atoms with Crippen LogP contribution in [0.5, 0.6) is 0 Å². The van der Waals surface area contributed by atoms with Crippen molar-refractivity contribution in [2.45, 2.75) is 33.2 Å². The predicted octanol–water partition coefficient (Wildman–Crippen LogP) is 1.94. The number of nitrogens with zero attached hydrogens (tertiary/aromatic N) is 4. The van der Waals surface area contributed by atoms with Crippen LogP contribution in [0.2, 0.25) is 0 Å². The molecule has 5 nitrogen and oxygen atoms in total. The summed E-state index contributed by atoms with van der Waals surface area (Å²) >= 11 is 1.16. The molecule has 90 valence electrons. The number of rotatable bonds is 5. The Morgan fingerprint density at radius 1 is 1.47 bits per heavy atom. The maximum atomic E-state index is 12.2. The van der Waals surface area contributed by atoms with Gasteiger partial charge < -0.3 is 0 Å². The molecule has 0 spiro atoms. The minimum Gasteiger partial charge on any atom is -0.287 e. The van der Waals surface area contributed by atoms with E-state index < -0.39 is 0 Å². The van der Waals surface area contributed by atoms with Crippen molar-refractivity contribution >= 4 is 17.3 Å². The van der Waals surface area contributed by atoms with Gasteiger partial charge in [0.2, 0.25) is 5.78 Å². The van der Waals surface area contributed by atoms with E-state index in [0.717, 1.165) is 36.6 Å². The van der Waals surface area contributed by atoms with Gasteiger partial charge in [-0.1, -0.05) is 17.8 Å². The molecular weight excluding hydrogens is 236 g/mol. The molecule has 6 heteroatoms. The van der Waals surface area contributed by atoms with Crippen LogP contribution in [0.15, 0.2) is 12.4 Å². The van der Waals surface area contributed by atoms with Gasteiger partial charge in [-0.05, 0) is 24.9 Å². The van der Waals surface area contributed by atoms with Crippen LogP contribution >= 0.6 is 11.5 Å². The second-order valence-electron chi connectivity index (χ2n) is 3.71. The average molecular weight is 250 g/mol. The summed E-state index contributed by atoms with van der Waals surface area (Å²) in [4.78, 5) is 12.9. The van der Waals surface area contributed by atoms with Gasteiger partial charge in [0.1, 0.15) is 4.88 Å². The highest BCUT2D eigenvalue weighted by Crippen LogP contribution is 2.17. The molecule has 2 rings (SSSR count). The molecule has 0 saturated heterocycles. The van der Waals surface area contributed by atoms with Crippen LogP contribution in [-0.2, 0) is 13.0 Å². The Kier molecular flexibility index (Phi) is 3.63. The van der Waals surface area contributed by atoms with E-state index in [1.807, 2.05) is 6.92 Å². The molecule has 0 N–H and O–H groups in total. The fourth-order valence-corrected chi connectivity index (χ4v) is 2.24. The van der Waals surface area contributed by atoms with Crippen molar-refractivity contribution < 1.29 is 4.79 Å². The number of hydrogen-bond donors (Lipinski definition) is 0. The monoisotopic (exact) mass is 250 g/mol.